The minimum absolute atomic E-state index is 0.554. The second kappa shape index (κ2) is 5.51. The standard InChI is InChI=1S/C15H19NO2/c1-2-12-5-3-4-6-13(12)14(17)15(11-16)7-9-18-10-8-15/h3-6,14,17H,2,7-10H2,1H3. The first-order chi connectivity index (χ1) is 8.73. The maximum Gasteiger partial charge on any atom is 0.0980 e. The largest absolute Gasteiger partial charge is 0.387 e. The van der Waals surface area contributed by atoms with Gasteiger partial charge in [0.15, 0.2) is 0 Å². The number of aryl methyl sites for hydroxylation is 1. The van der Waals surface area contributed by atoms with Gasteiger partial charge in [0.2, 0.25) is 0 Å². The van der Waals surface area contributed by atoms with Crippen molar-refractivity contribution in [3.8, 4) is 6.07 Å². The van der Waals surface area contributed by atoms with Crippen LogP contribution in [-0.4, -0.2) is 18.3 Å². The summed E-state index contributed by atoms with van der Waals surface area (Å²) in [5.74, 6) is 0. The summed E-state index contributed by atoms with van der Waals surface area (Å²) < 4.78 is 5.31. The Bertz CT molecular complexity index is 444. The maximum atomic E-state index is 10.6. The lowest BCUT2D eigenvalue weighted by Gasteiger charge is -2.35. The molecule has 1 aliphatic heterocycles. The third-order valence-electron chi connectivity index (χ3n) is 3.86. The zero-order valence-corrected chi connectivity index (χ0v) is 10.7. The van der Waals surface area contributed by atoms with Crippen molar-refractivity contribution in [1.82, 2.24) is 0 Å². The van der Waals surface area contributed by atoms with Crippen LogP contribution in [0, 0.1) is 16.7 Å². The van der Waals surface area contributed by atoms with Crippen molar-refractivity contribution < 1.29 is 9.84 Å². The van der Waals surface area contributed by atoms with Crippen molar-refractivity contribution in [3.05, 3.63) is 35.4 Å². The van der Waals surface area contributed by atoms with Gasteiger partial charge in [-0.2, -0.15) is 5.26 Å². The summed E-state index contributed by atoms with van der Waals surface area (Å²) in [7, 11) is 0. The van der Waals surface area contributed by atoms with Gasteiger partial charge in [-0.3, -0.25) is 0 Å². The Morgan fingerprint density at radius 1 is 1.39 bits per heavy atom. The van der Waals surface area contributed by atoms with Crippen LogP contribution in [0.1, 0.15) is 37.0 Å². The molecule has 0 radical (unpaired) electrons. The SMILES string of the molecule is CCc1ccccc1C(O)C1(C#N)CCOCC1. The van der Waals surface area contributed by atoms with Crippen molar-refractivity contribution >= 4 is 0 Å². The van der Waals surface area contributed by atoms with Gasteiger partial charge in [-0.25, -0.2) is 0 Å². The van der Waals surface area contributed by atoms with E-state index in [2.05, 4.69) is 13.0 Å². The second-order valence-corrected chi connectivity index (χ2v) is 4.84. The Labute approximate surface area is 108 Å². The Morgan fingerprint density at radius 3 is 2.67 bits per heavy atom. The minimum atomic E-state index is -0.720. The second-order valence-electron chi connectivity index (χ2n) is 4.84. The summed E-state index contributed by atoms with van der Waals surface area (Å²) in [6, 6.07) is 10.2. The number of hydrogen-bond donors (Lipinski definition) is 1. The number of nitrogens with zero attached hydrogens (tertiary/aromatic N) is 1. The third kappa shape index (κ3) is 2.27. The third-order valence-corrected chi connectivity index (χ3v) is 3.86. The Balaban J connectivity index is 2.34. The number of benzene rings is 1. The van der Waals surface area contributed by atoms with E-state index in [0.29, 0.717) is 26.1 Å². The summed E-state index contributed by atoms with van der Waals surface area (Å²) in [5, 5.41) is 20.1. The van der Waals surface area contributed by atoms with Crippen molar-refractivity contribution in [2.75, 3.05) is 13.2 Å². The van der Waals surface area contributed by atoms with Crippen LogP contribution >= 0.6 is 0 Å². The van der Waals surface area contributed by atoms with Crippen molar-refractivity contribution in [3.63, 3.8) is 0 Å². The fourth-order valence-electron chi connectivity index (χ4n) is 2.60. The molecule has 0 aromatic heterocycles. The number of aliphatic hydroxyl groups is 1. The molecule has 0 bridgehead atoms. The average Bonchev–Trinajstić information content (AvgIpc) is 2.47. The number of nitriles is 1. The smallest absolute Gasteiger partial charge is 0.0980 e. The summed E-state index contributed by atoms with van der Waals surface area (Å²) in [6.45, 7) is 3.17. The van der Waals surface area contributed by atoms with Crippen LogP contribution in [0.15, 0.2) is 24.3 Å². The topological polar surface area (TPSA) is 53.2 Å². The van der Waals surface area contributed by atoms with Gasteiger partial charge in [0.05, 0.1) is 17.6 Å². The summed E-state index contributed by atoms with van der Waals surface area (Å²) in [5.41, 5.74) is 1.32. The van der Waals surface area contributed by atoms with Crippen molar-refractivity contribution in [1.29, 1.82) is 5.26 Å². The van der Waals surface area contributed by atoms with Gasteiger partial charge >= 0.3 is 0 Å². The lowest BCUT2D eigenvalue weighted by atomic mass is 9.73. The highest BCUT2D eigenvalue weighted by Gasteiger charge is 2.41. The van der Waals surface area contributed by atoms with E-state index in [1.165, 1.54) is 0 Å². The van der Waals surface area contributed by atoms with Gasteiger partial charge in [0.25, 0.3) is 0 Å². The van der Waals surface area contributed by atoms with Crippen molar-refractivity contribution in [2.24, 2.45) is 5.41 Å². The van der Waals surface area contributed by atoms with Gasteiger partial charge in [-0.1, -0.05) is 31.2 Å². The van der Waals surface area contributed by atoms with Crippen molar-refractivity contribution in [2.45, 2.75) is 32.3 Å². The highest BCUT2D eigenvalue weighted by atomic mass is 16.5. The molecule has 0 amide bonds. The molecule has 1 heterocycles. The van der Waals surface area contributed by atoms with E-state index >= 15 is 0 Å². The molecule has 1 aromatic carbocycles. The molecule has 1 atom stereocenters. The van der Waals surface area contributed by atoms with Crippen LogP contribution in [0.3, 0.4) is 0 Å². The van der Waals surface area contributed by atoms with E-state index in [1.54, 1.807) is 0 Å². The van der Waals surface area contributed by atoms with Gasteiger partial charge in [-0.15, -0.1) is 0 Å². The van der Waals surface area contributed by atoms with Crippen LogP contribution in [0.25, 0.3) is 0 Å². The lowest BCUT2D eigenvalue weighted by molar-refractivity contribution is -0.0313. The summed E-state index contributed by atoms with van der Waals surface area (Å²) in [4.78, 5) is 0. The van der Waals surface area contributed by atoms with Gasteiger partial charge < -0.3 is 9.84 Å². The molecule has 1 aliphatic rings. The number of rotatable bonds is 3. The summed E-state index contributed by atoms with van der Waals surface area (Å²) >= 11 is 0. The molecule has 96 valence electrons. The van der Waals surface area contributed by atoms with Gasteiger partial charge in [0.1, 0.15) is 0 Å². The molecule has 1 saturated heterocycles. The predicted octanol–water partition coefficient (Wildman–Crippen LogP) is 2.60. The first kappa shape index (κ1) is 13.1. The van der Waals surface area contributed by atoms with Crippen LogP contribution in [0.5, 0.6) is 0 Å². The quantitative estimate of drug-likeness (QED) is 0.890. The zero-order valence-electron chi connectivity index (χ0n) is 10.7. The first-order valence-corrected chi connectivity index (χ1v) is 6.48. The lowest BCUT2D eigenvalue weighted by Crippen LogP contribution is -2.34. The fourth-order valence-corrected chi connectivity index (χ4v) is 2.60. The molecule has 1 N–H and O–H groups in total. The normalized spacial score (nSPS) is 20.1. The number of ether oxygens (including phenoxy) is 1. The van der Waals surface area contributed by atoms with E-state index in [9.17, 15) is 10.4 Å². The molecule has 18 heavy (non-hydrogen) atoms. The number of aliphatic hydroxyl groups excluding tert-OH is 1. The first-order valence-electron chi connectivity index (χ1n) is 6.48. The molecule has 3 heteroatoms. The van der Waals surface area contributed by atoms with Gasteiger partial charge in [-0.05, 0) is 30.4 Å². The number of hydrogen-bond acceptors (Lipinski definition) is 3. The minimum Gasteiger partial charge on any atom is -0.387 e. The highest BCUT2D eigenvalue weighted by molar-refractivity contribution is 5.32. The summed E-state index contributed by atoms with van der Waals surface area (Å²) in [6.07, 6.45) is 1.35. The van der Waals surface area contributed by atoms with Crippen LogP contribution < -0.4 is 0 Å². The molecule has 1 unspecified atom stereocenters. The fraction of sp³-hybridized carbons (Fsp3) is 0.533. The highest BCUT2D eigenvalue weighted by Crippen LogP contribution is 2.42. The molecule has 0 saturated carbocycles. The maximum absolute atomic E-state index is 10.6. The predicted molar refractivity (Wildman–Crippen MR) is 68.9 cm³/mol. The Hall–Kier alpha value is -1.37. The monoisotopic (exact) mass is 245 g/mol. The molecule has 1 aromatic rings. The molecule has 0 aliphatic carbocycles. The van der Waals surface area contributed by atoms with Crippen LogP contribution in [0.4, 0.5) is 0 Å². The van der Waals surface area contributed by atoms with E-state index in [4.69, 9.17) is 4.74 Å². The van der Waals surface area contributed by atoms with E-state index in [1.807, 2.05) is 24.3 Å². The Kier molecular flexibility index (Phi) is 4.00. The molecule has 1 fully saturated rings. The Morgan fingerprint density at radius 2 is 2.06 bits per heavy atom. The molecule has 3 nitrogen and oxygen atoms in total. The average molecular weight is 245 g/mol. The van der Waals surface area contributed by atoms with Crippen LogP contribution in [-0.2, 0) is 11.2 Å². The molecular formula is C15H19NO2. The molecule has 0 spiro atoms. The van der Waals surface area contributed by atoms with Gasteiger partial charge in [0, 0.05) is 13.2 Å². The van der Waals surface area contributed by atoms with Crippen LogP contribution in [0.2, 0.25) is 0 Å². The zero-order chi connectivity index (χ0) is 13.0. The molecular weight excluding hydrogens is 226 g/mol. The van der Waals surface area contributed by atoms with E-state index < -0.39 is 11.5 Å². The van der Waals surface area contributed by atoms with E-state index in [-0.39, 0.29) is 0 Å². The molecule has 2 rings (SSSR count). The van der Waals surface area contributed by atoms with E-state index in [0.717, 1.165) is 17.5 Å².